The van der Waals surface area contributed by atoms with E-state index in [0.717, 1.165) is 29.0 Å². The number of aromatic nitrogens is 2. The maximum Gasteiger partial charge on any atom is 0.231 e. The maximum absolute atomic E-state index is 11.9. The second-order valence-electron chi connectivity index (χ2n) is 5.31. The van der Waals surface area contributed by atoms with Crippen LogP contribution in [-0.4, -0.2) is 29.0 Å². The number of fused-ring (bicyclic) bond motifs is 1. The first-order valence-corrected chi connectivity index (χ1v) is 7.33. The van der Waals surface area contributed by atoms with Gasteiger partial charge in [0, 0.05) is 26.2 Å². The van der Waals surface area contributed by atoms with Crippen LogP contribution in [0.4, 0.5) is 0 Å². The fraction of sp³-hybridized carbons (Fsp3) is 0.375. The molecular weight excluding hydrogens is 282 g/mol. The van der Waals surface area contributed by atoms with Gasteiger partial charge in [0.25, 0.3) is 0 Å². The zero-order valence-corrected chi connectivity index (χ0v) is 12.5. The van der Waals surface area contributed by atoms with Crippen molar-refractivity contribution in [3.8, 4) is 11.5 Å². The van der Waals surface area contributed by atoms with E-state index in [4.69, 9.17) is 9.47 Å². The Kier molecular flexibility index (Phi) is 4.27. The van der Waals surface area contributed by atoms with Crippen LogP contribution in [0.15, 0.2) is 30.6 Å². The molecule has 0 radical (unpaired) electrons. The first kappa shape index (κ1) is 14.4. The fourth-order valence-corrected chi connectivity index (χ4v) is 2.39. The van der Waals surface area contributed by atoms with Gasteiger partial charge < -0.3 is 14.8 Å². The molecule has 0 atom stereocenters. The Morgan fingerprint density at radius 2 is 2.14 bits per heavy atom. The predicted octanol–water partition coefficient (Wildman–Crippen LogP) is 1.44. The van der Waals surface area contributed by atoms with Crippen LogP contribution in [0.5, 0.6) is 11.5 Å². The lowest BCUT2D eigenvalue weighted by Gasteiger charge is -2.05. The number of carbonyl (C=O) groups excluding carboxylic acids is 1. The van der Waals surface area contributed by atoms with E-state index in [2.05, 4.69) is 10.4 Å². The van der Waals surface area contributed by atoms with Gasteiger partial charge in [-0.3, -0.25) is 9.48 Å². The number of benzene rings is 1. The molecule has 0 saturated carbocycles. The molecule has 0 aliphatic carbocycles. The van der Waals surface area contributed by atoms with Gasteiger partial charge in [0.05, 0.1) is 6.20 Å². The van der Waals surface area contributed by atoms with Crippen molar-refractivity contribution < 1.29 is 14.3 Å². The topological polar surface area (TPSA) is 65.4 Å². The van der Waals surface area contributed by atoms with Gasteiger partial charge in [-0.25, -0.2) is 0 Å². The first-order valence-electron chi connectivity index (χ1n) is 7.33. The van der Waals surface area contributed by atoms with Crippen molar-refractivity contribution in [3.63, 3.8) is 0 Å². The molecule has 0 saturated heterocycles. The molecule has 3 rings (SSSR count). The van der Waals surface area contributed by atoms with E-state index in [1.54, 1.807) is 4.68 Å². The van der Waals surface area contributed by atoms with Crippen LogP contribution >= 0.6 is 0 Å². The van der Waals surface area contributed by atoms with E-state index >= 15 is 0 Å². The second kappa shape index (κ2) is 6.51. The summed E-state index contributed by atoms with van der Waals surface area (Å²) in [5.74, 6) is 1.58. The molecule has 2 aromatic rings. The summed E-state index contributed by atoms with van der Waals surface area (Å²) >= 11 is 0. The molecule has 1 aromatic carbocycles. The molecule has 1 amide bonds. The van der Waals surface area contributed by atoms with Gasteiger partial charge in [0.15, 0.2) is 11.5 Å². The maximum atomic E-state index is 11.9. The van der Waals surface area contributed by atoms with Crippen LogP contribution in [0.3, 0.4) is 0 Å². The van der Waals surface area contributed by atoms with Crippen molar-refractivity contribution >= 4 is 5.91 Å². The van der Waals surface area contributed by atoms with Crippen LogP contribution in [-0.2, 0) is 24.7 Å². The molecular formula is C16H19N3O3. The number of ether oxygens (including phenoxy) is 2. The molecule has 1 aromatic heterocycles. The van der Waals surface area contributed by atoms with Gasteiger partial charge >= 0.3 is 0 Å². The summed E-state index contributed by atoms with van der Waals surface area (Å²) in [6.07, 6.45) is 5.73. The van der Waals surface area contributed by atoms with E-state index in [1.165, 1.54) is 0 Å². The third-order valence-electron chi connectivity index (χ3n) is 3.57. The van der Waals surface area contributed by atoms with Crippen molar-refractivity contribution in [2.75, 3.05) is 13.3 Å². The van der Waals surface area contributed by atoms with E-state index in [9.17, 15) is 4.79 Å². The minimum absolute atomic E-state index is 0.0570. The molecule has 1 aliphatic rings. The number of rotatable bonds is 6. The lowest BCUT2D eigenvalue weighted by molar-refractivity contribution is -0.121. The summed E-state index contributed by atoms with van der Waals surface area (Å²) in [5, 5.41) is 7.03. The third kappa shape index (κ3) is 3.58. The number of hydrogen-bond donors (Lipinski definition) is 1. The van der Waals surface area contributed by atoms with E-state index in [-0.39, 0.29) is 12.7 Å². The predicted molar refractivity (Wildman–Crippen MR) is 80.8 cm³/mol. The fourth-order valence-electron chi connectivity index (χ4n) is 2.39. The number of hydrogen-bond acceptors (Lipinski definition) is 4. The molecule has 0 unspecified atom stereocenters. The summed E-state index contributed by atoms with van der Waals surface area (Å²) in [6.45, 7) is 0.902. The van der Waals surface area contributed by atoms with Crippen LogP contribution in [0.1, 0.15) is 17.5 Å². The van der Waals surface area contributed by atoms with Gasteiger partial charge in [-0.2, -0.15) is 5.10 Å². The lowest BCUT2D eigenvalue weighted by atomic mass is 10.1. The Balaban J connectivity index is 1.40. The molecule has 0 bridgehead atoms. The molecule has 0 spiro atoms. The van der Waals surface area contributed by atoms with Crippen LogP contribution < -0.4 is 14.8 Å². The van der Waals surface area contributed by atoms with Crippen LogP contribution in [0, 0.1) is 0 Å². The summed E-state index contributed by atoms with van der Waals surface area (Å²) in [5.41, 5.74) is 2.20. The molecule has 6 heteroatoms. The number of carbonyl (C=O) groups is 1. The summed E-state index contributed by atoms with van der Waals surface area (Å²) in [6, 6.07) is 5.79. The highest BCUT2D eigenvalue weighted by Gasteiger charge is 2.13. The molecule has 1 N–H and O–H groups in total. The summed E-state index contributed by atoms with van der Waals surface area (Å²) in [7, 11) is 1.88. The molecule has 116 valence electrons. The molecule has 0 fully saturated rings. The quantitative estimate of drug-likeness (QED) is 0.877. The highest BCUT2D eigenvalue weighted by Crippen LogP contribution is 2.32. The van der Waals surface area contributed by atoms with E-state index in [1.807, 2.05) is 37.6 Å². The Morgan fingerprint density at radius 3 is 2.95 bits per heavy atom. The Morgan fingerprint density at radius 1 is 1.27 bits per heavy atom. The zero-order valence-electron chi connectivity index (χ0n) is 12.5. The van der Waals surface area contributed by atoms with Gasteiger partial charge in [-0.1, -0.05) is 6.07 Å². The van der Waals surface area contributed by atoms with Crippen LogP contribution in [0.25, 0.3) is 0 Å². The SMILES string of the molecule is Cn1cc(CCNC(=O)CCc2ccc3c(c2)OCO3)cn1. The molecule has 2 heterocycles. The molecule has 22 heavy (non-hydrogen) atoms. The number of amides is 1. The van der Waals surface area contributed by atoms with Gasteiger partial charge in [0.1, 0.15) is 0 Å². The number of nitrogens with one attached hydrogen (secondary N) is 1. The summed E-state index contributed by atoms with van der Waals surface area (Å²) < 4.78 is 12.4. The average Bonchev–Trinajstić information content (AvgIpc) is 3.13. The zero-order chi connectivity index (χ0) is 15.4. The minimum Gasteiger partial charge on any atom is -0.454 e. The van der Waals surface area contributed by atoms with Gasteiger partial charge in [-0.05, 0) is 36.1 Å². The van der Waals surface area contributed by atoms with Crippen molar-refractivity contribution in [2.24, 2.45) is 7.05 Å². The van der Waals surface area contributed by atoms with Gasteiger partial charge in [-0.15, -0.1) is 0 Å². The third-order valence-corrected chi connectivity index (χ3v) is 3.57. The Labute approximate surface area is 129 Å². The van der Waals surface area contributed by atoms with E-state index in [0.29, 0.717) is 19.4 Å². The monoisotopic (exact) mass is 301 g/mol. The van der Waals surface area contributed by atoms with Crippen molar-refractivity contribution in [3.05, 3.63) is 41.7 Å². The van der Waals surface area contributed by atoms with Crippen molar-refractivity contribution in [1.82, 2.24) is 15.1 Å². The smallest absolute Gasteiger partial charge is 0.231 e. The Bertz CT molecular complexity index is 666. The largest absolute Gasteiger partial charge is 0.454 e. The highest BCUT2D eigenvalue weighted by atomic mass is 16.7. The van der Waals surface area contributed by atoms with Crippen molar-refractivity contribution in [2.45, 2.75) is 19.3 Å². The summed E-state index contributed by atoms with van der Waals surface area (Å²) in [4.78, 5) is 11.9. The second-order valence-corrected chi connectivity index (χ2v) is 5.31. The number of nitrogens with zero attached hydrogens (tertiary/aromatic N) is 2. The number of aryl methyl sites for hydroxylation is 2. The lowest BCUT2D eigenvalue weighted by Crippen LogP contribution is -2.25. The van der Waals surface area contributed by atoms with Crippen molar-refractivity contribution in [1.29, 1.82) is 0 Å². The molecule has 1 aliphatic heterocycles. The Hall–Kier alpha value is -2.50. The first-order chi connectivity index (χ1) is 10.7. The van der Waals surface area contributed by atoms with Crippen LogP contribution in [0.2, 0.25) is 0 Å². The minimum atomic E-state index is 0.0570. The van der Waals surface area contributed by atoms with E-state index < -0.39 is 0 Å². The highest BCUT2D eigenvalue weighted by molar-refractivity contribution is 5.76. The normalized spacial score (nSPS) is 12.4. The van der Waals surface area contributed by atoms with Gasteiger partial charge in [0.2, 0.25) is 12.7 Å². The molecule has 6 nitrogen and oxygen atoms in total. The average molecular weight is 301 g/mol. The standard InChI is InChI=1S/C16H19N3O3/c1-19-10-13(9-18-19)6-7-17-16(20)5-3-12-2-4-14-15(8-12)22-11-21-14/h2,4,8-10H,3,5-7,11H2,1H3,(H,17,20).